The molecule has 1 saturated heterocycles. The van der Waals surface area contributed by atoms with E-state index in [0.717, 1.165) is 11.5 Å². The molecular weight excluding hydrogens is 220 g/mol. The Bertz CT molecular complexity index is 427. The second-order valence-electron chi connectivity index (χ2n) is 4.07. The van der Waals surface area contributed by atoms with Crippen molar-refractivity contribution in [1.82, 2.24) is 4.90 Å². The zero-order chi connectivity index (χ0) is 12.3. The van der Waals surface area contributed by atoms with Crippen molar-refractivity contribution in [2.45, 2.75) is 26.2 Å². The van der Waals surface area contributed by atoms with Crippen molar-refractivity contribution in [3.05, 3.63) is 23.7 Å². The van der Waals surface area contributed by atoms with Gasteiger partial charge in [0.2, 0.25) is 0 Å². The minimum absolute atomic E-state index is 0.00703. The summed E-state index contributed by atoms with van der Waals surface area (Å²) in [4.78, 5) is 14.0. The highest BCUT2D eigenvalue weighted by Gasteiger charge is 2.23. The van der Waals surface area contributed by atoms with Crippen molar-refractivity contribution in [2.75, 3.05) is 13.1 Å². The number of carbonyl (C=O) groups is 1. The van der Waals surface area contributed by atoms with Crippen LogP contribution in [0.5, 0.6) is 0 Å². The van der Waals surface area contributed by atoms with Gasteiger partial charge < -0.3 is 14.5 Å². The van der Waals surface area contributed by atoms with Crippen molar-refractivity contribution in [3.8, 4) is 0 Å². The third-order valence-electron chi connectivity index (χ3n) is 3.07. The Balaban J connectivity index is 2.07. The highest BCUT2D eigenvalue weighted by atomic mass is 16.4. The number of oxime groups is 1. The van der Waals surface area contributed by atoms with Crippen LogP contribution in [0.15, 0.2) is 21.9 Å². The maximum Gasteiger partial charge on any atom is 0.257 e. The third-order valence-corrected chi connectivity index (χ3v) is 3.07. The fourth-order valence-corrected chi connectivity index (χ4v) is 2.04. The molecule has 1 aliphatic rings. The molecule has 1 aromatic rings. The summed E-state index contributed by atoms with van der Waals surface area (Å²) in [6.45, 7) is 3.17. The van der Waals surface area contributed by atoms with Gasteiger partial charge in [-0.15, -0.1) is 0 Å². The van der Waals surface area contributed by atoms with Crippen molar-refractivity contribution < 1.29 is 14.4 Å². The van der Waals surface area contributed by atoms with Crippen molar-refractivity contribution in [2.24, 2.45) is 5.16 Å². The van der Waals surface area contributed by atoms with Gasteiger partial charge in [-0.1, -0.05) is 12.1 Å². The van der Waals surface area contributed by atoms with Crippen LogP contribution in [0.3, 0.4) is 0 Å². The highest BCUT2D eigenvalue weighted by molar-refractivity contribution is 5.96. The molecule has 2 heterocycles. The van der Waals surface area contributed by atoms with Gasteiger partial charge in [0.05, 0.1) is 17.5 Å². The largest absolute Gasteiger partial charge is 0.469 e. The van der Waals surface area contributed by atoms with E-state index < -0.39 is 0 Å². The van der Waals surface area contributed by atoms with Gasteiger partial charge in [0.1, 0.15) is 5.76 Å². The second-order valence-corrected chi connectivity index (χ2v) is 4.07. The lowest BCUT2D eigenvalue weighted by Gasteiger charge is -2.27. The van der Waals surface area contributed by atoms with Crippen LogP contribution in [0.25, 0.3) is 0 Å². The molecule has 1 amide bonds. The number of hydrogen-bond donors (Lipinski definition) is 1. The Hall–Kier alpha value is -1.78. The first-order valence-electron chi connectivity index (χ1n) is 5.81. The summed E-state index contributed by atoms with van der Waals surface area (Å²) in [5, 5.41) is 11.8. The summed E-state index contributed by atoms with van der Waals surface area (Å²) in [5.41, 5.74) is 1.41. The molecule has 1 N–H and O–H groups in total. The van der Waals surface area contributed by atoms with Gasteiger partial charge >= 0.3 is 0 Å². The number of piperidine rings is 1. The first-order valence-corrected chi connectivity index (χ1v) is 5.81. The van der Waals surface area contributed by atoms with Gasteiger partial charge in [-0.3, -0.25) is 4.79 Å². The van der Waals surface area contributed by atoms with Crippen molar-refractivity contribution in [1.29, 1.82) is 0 Å². The minimum atomic E-state index is 0.00703. The first kappa shape index (κ1) is 11.7. The van der Waals surface area contributed by atoms with Crippen LogP contribution in [0.1, 0.15) is 35.9 Å². The molecule has 1 fully saturated rings. The zero-order valence-electron chi connectivity index (χ0n) is 9.85. The number of aryl methyl sites for hydroxylation is 1. The average Bonchev–Trinajstić information content (AvgIpc) is 2.86. The minimum Gasteiger partial charge on any atom is -0.469 e. The molecule has 0 aliphatic carbocycles. The van der Waals surface area contributed by atoms with Gasteiger partial charge in [0.25, 0.3) is 5.91 Å². The van der Waals surface area contributed by atoms with Crippen LogP contribution in [0, 0.1) is 0 Å². The monoisotopic (exact) mass is 236 g/mol. The molecule has 0 bridgehead atoms. The Morgan fingerprint density at radius 2 is 2.24 bits per heavy atom. The molecule has 17 heavy (non-hydrogen) atoms. The van der Waals surface area contributed by atoms with E-state index in [-0.39, 0.29) is 5.91 Å². The molecule has 1 aliphatic heterocycles. The summed E-state index contributed by atoms with van der Waals surface area (Å²) in [6.07, 6.45) is 3.55. The molecule has 0 atom stereocenters. The predicted molar refractivity (Wildman–Crippen MR) is 62.4 cm³/mol. The van der Waals surface area contributed by atoms with Crippen LogP contribution in [0.4, 0.5) is 0 Å². The predicted octanol–water partition coefficient (Wildman–Crippen LogP) is 1.91. The molecule has 0 aromatic carbocycles. The van der Waals surface area contributed by atoms with E-state index >= 15 is 0 Å². The molecule has 1 aromatic heterocycles. The molecule has 5 heteroatoms. The molecule has 2 rings (SSSR count). The Morgan fingerprint density at radius 1 is 1.53 bits per heavy atom. The summed E-state index contributed by atoms with van der Waals surface area (Å²) in [6, 6.07) is 1.72. The second kappa shape index (κ2) is 5.03. The fourth-order valence-electron chi connectivity index (χ4n) is 2.04. The van der Waals surface area contributed by atoms with Gasteiger partial charge in [-0.2, -0.15) is 0 Å². The van der Waals surface area contributed by atoms with E-state index in [9.17, 15) is 4.79 Å². The number of likely N-dealkylation sites (tertiary alicyclic amines) is 1. The van der Waals surface area contributed by atoms with E-state index in [1.54, 1.807) is 17.2 Å². The van der Waals surface area contributed by atoms with Crippen LogP contribution in [-0.2, 0) is 6.42 Å². The number of nitrogens with zero attached hydrogens (tertiary/aromatic N) is 2. The standard InChI is InChI=1S/C12H16N2O3/c1-2-11-10(5-8-17-11)12(15)14-6-3-9(13-16)4-7-14/h5,8,16H,2-4,6-7H2,1H3. The SMILES string of the molecule is CCc1occc1C(=O)N1CCC(=NO)CC1. The van der Waals surface area contributed by atoms with Gasteiger partial charge in [-0.25, -0.2) is 0 Å². The lowest BCUT2D eigenvalue weighted by atomic mass is 10.1. The van der Waals surface area contributed by atoms with E-state index in [1.165, 1.54) is 0 Å². The lowest BCUT2D eigenvalue weighted by molar-refractivity contribution is 0.0751. The number of furan rings is 1. The Morgan fingerprint density at radius 3 is 2.82 bits per heavy atom. The Labute approximate surface area is 99.7 Å². The van der Waals surface area contributed by atoms with E-state index in [4.69, 9.17) is 9.62 Å². The molecule has 0 saturated carbocycles. The topological polar surface area (TPSA) is 66.0 Å². The normalized spacial score (nSPS) is 16.1. The first-order chi connectivity index (χ1) is 8.26. The van der Waals surface area contributed by atoms with Crippen molar-refractivity contribution >= 4 is 11.6 Å². The molecule has 0 spiro atoms. The van der Waals surface area contributed by atoms with Gasteiger partial charge in [-0.05, 0) is 6.07 Å². The summed E-state index contributed by atoms with van der Waals surface area (Å²) in [7, 11) is 0. The average molecular weight is 236 g/mol. The van der Waals surface area contributed by atoms with Crippen LogP contribution < -0.4 is 0 Å². The van der Waals surface area contributed by atoms with Crippen LogP contribution in [0.2, 0.25) is 0 Å². The number of hydrogen-bond acceptors (Lipinski definition) is 4. The molecule has 0 unspecified atom stereocenters. The fraction of sp³-hybridized carbons (Fsp3) is 0.500. The van der Waals surface area contributed by atoms with Gasteiger partial charge in [0.15, 0.2) is 0 Å². The molecule has 0 radical (unpaired) electrons. The molecule has 5 nitrogen and oxygen atoms in total. The van der Waals surface area contributed by atoms with E-state index in [1.807, 2.05) is 6.92 Å². The summed E-state index contributed by atoms with van der Waals surface area (Å²) in [5.74, 6) is 0.740. The Kier molecular flexibility index (Phi) is 3.46. The maximum atomic E-state index is 12.2. The third kappa shape index (κ3) is 2.33. The van der Waals surface area contributed by atoms with E-state index in [0.29, 0.717) is 37.9 Å². The summed E-state index contributed by atoms with van der Waals surface area (Å²) >= 11 is 0. The summed E-state index contributed by atoms with van der Waals surface area (Å²) < 4.78 is 5.26. The van der Waals surface area contributed by atoms with Crippen molar-refractivity contribution in [3.63, 3.8) is 0 Å². The lowest BCUT2D eigenvalue weighted by Crippen LogP contribution is -2.38. The highest BCUT2D eigenvalue weighted by Crippen LogP contribution is 2.17. The van der Waals surface area contributed by atoms with E-state index in [2.05, 4.69) is 5.16 Å². The smallest absolute Gasteiger partial charge is 0.257 e. The van der Waals surface area contributed by atoms with Crippen LogP contribution >= 0.6 is 0 Å². The molecule has 92 valence electrons. The number of carbonyl (C=O) groups excluding carboxylic acids is 1. The quantitative estimate of drug-likeness (QED) is 0.630. The maximum absolute atomic E-state index is 12.2. The molecular formula is C12H16N2O3. The zero-order valence-corrected chi connectivity index (χ0v) is 9.85. The van der Waals surface area contributed by atoms with Crippen LogP contribution in [-0.4, -0.2) is 34.8 Å². The van der Waals surface area contributed by atoms with Gasteiger partial charge in [0, 0.05) is 32.4 Å². The number of rotatable bonds is 2. The number of amides is 1.